The molecule has 3 heteroatoms. The predicted molar refractivity (Wildman–Crippen MR) is 40.4 cm³/mol. The molecule has 8 heavy (non-hydrogen) atoms. The third-order valence-corrected chi connectivity index (χ3v) is 4.48. The Kier molecular flexibility index (Phi) is 3.27. The second-order valence-corrected chi connectivity index (χ2v) is 5.89. The van der Waals surface area contributed by atoms with Gasteiger partial charge in [-0.1, -0.05) is 0 Å². The van der Waals surface area contributed by atoms with Crippen molar-refractivity contribution in [2.24, 2.45) is 0 Å². The molecule has 0 saturated heterocycles. The standard InChI is InChI=1S/C5H16N2Si/c1-6(2)8(5)7(3)4/h8H,1-5H3. The van der Waals surface area contributed by atoms with Crippen molar-refractivity contribution in [2.45, 2.75) is 6.55 Å². The molecule has 0 aromatic carbocycles. The van der Waals surface area contributed by atoms with Crippen LogP contribution >= 0.6 is 0 Å². The molecule has 0 atom stereocenters. The zero-order valence-corrected chi connectivity index (χ0v) is 7.63. The average Bonchev–Trinajstić information content (AvgIpc) is 1.64. The van der Waals surface area contributed by atoms with E-state index in [1.54, 1.807) is 0 Å². The maximum atomic E-state index is 2.31. The summed E-state index contributed by atoms with van der Waals surface area (Å²) < 4.78 is 4.61. The van der Waals surface area contributed by atoms with Gasteiger partial charge < -0.3 is 9.13 Å². The molecule has 0 aromatic rings. The molecule has 0 saturated carbocycles. The van der Waals surface area contributed by atoms with Crippen molar-refractivity contribution < 1.29 is 0 Å². The lowest BCUT2D eigenvalue weighted by Gasteiger charge is -2.24. The largest absolute Gasteiger partial charge is 0.320 e. The van der Waals surface area contributed by atoms with Crippen LogP contribution < -0.4 is 0 Å². The maximum absolute atomic E-state index is 2.31. The second-order valence-electron chi connectivity index (χ2n) is 2.56. The number of hydrogen-bond acceptors (Lipinski definition) is 2. The van der Waals surface area contributed by atoms with Gasteiger partial charge in [0.05, 0.1) is 0 Å². The van der Waals surface area contributed by atoms with Crippen LogP contribution in [0.1, 0.15) is 0 Å². The molecule has 0 aliphatic carbocycles. The van der Waals surface area contributed by atoms with E-state index in [0.717, 1.165) is 0 Å². The molecule has 0 spiro atoms. The highest BCUT2D eigenvalue weighted by molar-refractivity contribution is 6.50. The summed E-state index contributed by atoms with van der Waals surface area (Å²) in [5.74, 6) is 0. The topological polar surface area (TPSA) is 6.48 Å². The van der Waals surface area contributed by atoms with Crippen LogP contribution in [-0.2, 0) is 0 Å². The fourth-order valence-corrected chi connectivity index (χ4v) is 1.39. The summed E-state index contributed by atoms with van der Waals surface area (Å²) in [5.41, 5.74) is 0. The minimum absolute atomic E-state index is 0.682. The van der Waals surface area contributed by atoms with Gasteiger partial charge in [-0.25, -0.2) is 0 Å². The van der Waals surface area contributed by atoms with Crippen molar-refractivity contribution in [2.75, 3.05) is 28.2 Å². The SMILES string of the molecule is CN(C)[SiH](C)N(C)C. The fourth-order valence-electron chi connectivity index (χ4n) is 0.462. The highest BCUT2D eigenvalue weighted by atomic mass is 28.3. The van der Waals surface area contributed by atoms with E-state index < -0.39 is 9.12 Å². The van der Waals surface area contributed by atoms with Gasteiger partial charge in [0.1, 0.15) is 0 Å². The van der Waals surface area contributed by atoms with Gasteiger partial charge in [-0.3, -0.25) is 0 Å². The lowest BCUT2D eigenvalue weighted by molar-refractivity contribution is 0.524. The normalized spacial score (nSPS) is 12.0. The Labute approximate surface area is 53.9 Å². The number of rotatable bonds is 2. The highest BCUT2D eigenvalue weighted by Crippen LogP contribution is 1.87. The van der Waals surface area contributed by atoms with E-state index in [4.69, 9.17) is 0 Å². The van der Waals surface area contributed by atoms with Crippen LogP contribution in [0.25, 0.3) is 0 Å². The Bertz CT molecular complexity index is 55.4. The summed E-state index contributed by atoms with van der Waals surface area (Å²) in [6.45, 7) is 2.31. The monoisotopic (exact) mass is 132 g/mol. The van der Waals surface area contributed by atoms with E-state index in [2.05, 4.69) is 43.9 Å². The minimum atomic E-state index is -0.682. The van der Waals surface area contributed by atoms with Crippen LogP contribution in [0.5, 0.6) is 0 Å². The first kappa shape index (κ1) is 8.14. The van der Waals surface area contributed by atoms with Crippen LogP contribution in [0.3, 0.4) is 0 Å². The summed E-state index contributed by atoms with van der Waals surface area (Å²) in [7, 11) is 7.86. The van der Waals surface area contributed by atoms with Gasteiger partial charge in [-0.05, 0) is 34.7 Å². The Morgan fingerprint density at radius 3 is 1.12 bits per heavy atom. The third kappa shape index (κ3) is 2.45. The molecule has 50 valence electrons. The van der Waals surface area contributed by atoms with Gasteiger partial charge in [-0.2, -0.15) is 0 Å². The predicted octanol–water partition coefficient (Wildman–Crippen LogP) is -0.0401. The minimum Gasteiger partial charge on any atom is -0.320 e. The lowest BCUT2D eigenvalue weighted by Crippen LogP contribution is -2.42. The molecular formula is C5H16N2Si. The summed E-state index contributed by atoms with van der Waals surface area (Å²) in [5, 5.41) is 0. The lowest BCUT2D eigenvalue weighted by atomic mass is 11.3. The summed E-state index contributed by atoms with van der Waals surface area (Å²) in [4.78, 5) is 0. The van der Waals surface area contributed by atoms with Crippen molar-refractivity contribution in [1.29, 1.82) is 0 Å². The van der Waals surface area contributed by atoms with Crippen LogP contribution in [0.15, 0.2) is 0 Å². The summed E-state index contributed by atoms with van der Waals surface area (Å²) >= 11 is 0. The van der Waals surface area contributed by atoms with E-state index in [1.165, 1.54) is 0 Å². The molecule has 0 bridgehead atoms. The molecule has 0 N–H and O–H groups in total. The van der Waals surface area contributed by atoms with Gasteiger partial charge >= 0.3 is 0 Å². The Morgan fingerprint density at radius 2 is 1.12 bits per heavy atom. The molecule has 0 unspecified atom stereocenters. The Hall–Kier alpha value is 0.137. The number of nitrogens with zero attached hydrogens (tertiary/aromatic N) is 2. The van der Waals surface area contributed by atoms with Gasteiger partial charge in [0.2, 0.25) is 0 Å². The Morgan fingerprint density at radius 1 is 0.875 bits per heavy atom. The molecule has 0 aliphatic rings. The molecule has 0 rings (SSSR count). The van der Waals surface area contributed by atoms with E-state index in [0.29, 0.717) is 0 Å². The Balaban J connectivity index is 3.46. The maximum Gasteiger partial charge on any atom is 0.185 e. The smallest absolute Gasteiger partial charge is 0.185 e. The van der Waals surface area contributed by atoms with Gasteiger partial charge in [-0.15, -0.1) is 0 Å². The molecular weight excluding hydrogens is 116 g/mol. The van der Waals surface area contributed by atoms with Gasteiger partial charge in [0.25, 0.3) is 0 Å². The van der Waals surface area contributed by atoms with Crippen molar-refractivity contribution in [3.8, 4) is 0 Å². The van der Waals surface area contributed by atoms with E-state index in [9.17, 15) is 0 Å². The highest BCUT2D eigenvalue weighted by Gasteiger charge is 2.07. The first-order valence-corrected chi connectivity index (χ1v) is 5.07. The molecule has 0 amide bonds. The van der Waals surface area contributed by atoms with Crippen LogP contribution in [0.2, 0.25) is 6.55 Å². The van der Waals surface area contributed by atoms with Crippen LogP contribution in [-0.4, -0.2) is 46.4 Å². The quantitative estimate of drug-likeness (QED) is 0.486. The zero-order chi connectivity index (χ0) is 6.73. The average molecular weight is 132 g/mol. The van der Waals surface area contributed by atoms with Crippen molar-refractivity contribution in [3.63, 3.8) is 0 Å². The fraction of sp³-hybridized carbons (Fsp3) is 1.00. The zero-order valence-electron chi connectivity index (χ0n) is 6.47. The van der Waals surface area contributed by atoms with Gasteiger partial charge in [0, 0.05) is 0 Å². The first-order chi connectivity index (χ1) is 3.55. The van der Waals surface area contributed by atoms with Crippen LogP contribution in [0.4, 0.5) is 0 Å². The van der Waals surface area contributed by atoms with Crippen LogP contribution in [0, 0.1) is 0 Å². The number of hydrogen-bond donors (Lipinski definition) is 0. The van der Waals surface area contributed by atoms with Crippen molar-refractivity contribution >= 4 is 9.12 Å². The van der Waals surface area contributed by atoms with Crippen molar-refractivity contribution in [3.05, 3.63) is 0 Å². The third-order valence-electron chi connectivity index (χ3n) is 1.49. The first-order valence-electron chi connectivity index (χ1n) is 2.88. The van der Waals surface area contributed by atoms with E-state index >= 15 is 0 Å². The van der Waals surface area contributed by atoms with E-state index in [-0.39, 0.29) is 0 Å². The summed E-state index contributed by atoms with van der Waals surface area (Å²) in [6.07, 6.45) is 0. The van der Waals surface area contributed by atoms with Crippen molar-refractivity contribution in [1.82, 2.24) is 9.13 Å². The molecule has 0 heterocycles. The molecule has 0 radical (unpaired) electrons. The summed E-state index contributed by atoms with van der Waals surface area (Å²) in [6, 6.07) is 0. The molecule has 0 fully saturated rings. The van der Waals surface area contributed by atoms with Gasteiger partial charge in [0.15, 0.2) is 9.12 Å². The molecule has 0 aromatic heterocycles. The van der Waals surface area contributed by atoms with E-state index in [1.807, 2.05) is 0 Å². The molecule has 0 aliphatic heterocycles. The second kappa shape index (κ2) is 3.22. The molecule has 2 nitrogen and oxygen atoms in total.